The Kier molecular flexibility index (Phi) is 6.38. The van der Waals surface area contributed by atoms with Gasteiger partial charge in [-0.15, -0.1) is 12.4 Å². The molecule has 1 unspecified atom stereocenters. The highest BCUT2D eigenvalue weighted by atomic mass is 35.5. The largest absolute Gasteiger partial charge is 0.338 e. The van der Waals surface area contributed by atoms with Gasteiger partial charge in [0.25, 0.3) is 5.91 Å². The lowest BCUT2D eigenvalue weighted by atomic mass is 9.97. The number of hydrogen-bond acceptors (Lipinski definition) is 5. The van der Waals surface area contributed by atoms with Crippen LogP contribution in [-0.2, 0) is 0 Å². The summed E-state index contributed by atoms with van der Waals surface area (Å²) in [6.07, 6.45) is 2.11. The molecule has 1 aliphatic rings. The number of nitro groups is 1. The number of amides is 1. The van der Waals surface area contributed by atoms with E-state index in [1.54, 1.807) is 10.3 Å². The average Bonchev–Trinajstić information content (AvgIpc) is 2.88. The van der Waals surface area contributed by atoms with Crippen molar-refractivity contribution >= 4 is 34.7 Å². The molecular formula is C12H18ClN3O3S. The van der Waals surface area contributed by atoms with Crippen LogP contribution in [0.3, 0.4) is 0 Å². The molecule has 0 saturated carbocycles. The van der Waals surface area contributed by atoms with E-state index in [2.05, 4.69) is 5.32 Å². The van der Waals surface area contributed by atoms with Gasteiger partial charge in [-0.2, -0.15) is 0 Å². The first-order chi connectivity index (χ1) is 9.11. The zero-order valence-electron chi connectivity index (χ0n) is 11.2. The fourth-order valence-corrected chi connectivity index (χ4v) is 3.12. The molecule has 0 aliphatic carbocycles. The first-order valence-corrected chi connectivity index (χ1v) is 7.16. The van der Waals surface area contributed by atoms with E-state index in [0.29, 0.717) is 11.5 Å². The van der Waals surface area contributed by atoms with E-state index in [1.807, 2.05) is 7.05 Å². The van der Waals surface area contributed by atoms with Crippen LogP contribution >= 0.6 is 23.7 Å². The molecule has 112 valence electrons. The van der Waals surface area contributed by atoms with Crippen molar-refractivity contribution in [3.05, 3.63) is 27.1 Å². The van der Waals surface area contributed by atoms with Crippen molar-refractivity contribution in [1.82, 2.24) is 10.2 Å². The normalized spacial score (nSPS) is 18.4. The Balaban J connectivity index is 0.00000200. The highest BCUT2D eigenvalue weighted by Crippen LogP contribution is 2.25. The highest BCUT2D eigenvalue weighted by Gasteiger charge is 2.25. The topological polar surface area (TPSA) is 75.5 Å². The lowest BCUT2D eigenvalue weighted by molar-refractivity contribution is -0.380. The van der Waals surface area contributed by atoms with Gasteiger partial charge < -0.3 is 10.2 Å². The molecule has 0 spiro atoms. The molecule has 20 heavy (non-hydrogen) atoms. The summed E-state index contributed by atoms with van der Waals surface area (Å²) in [5.41, 5.74) is 0.432. The van der Waals surface area contributed by atoms with Crippen LogP contribution in [0.4, 0.5) is 5.00 Å². The Morgan fingerprint density at radius 1 is 1.65 bits per heavy atom. The summed E-state index contributed by atoms with van der Waals surface area (Å²) in [6, 6.07) is 1.37. The van der Waals surface area contributed by atoms with E-state index in [9.17, 15) is 14.9 Å². The fraction of sp³-hybridized carbons (Fsp3) is 0.583. The molecule has 0 aromatic carbocycles. The number of hydrogen-bond donors (Lipinski definition) is 1. The zero-order valence-corrected chi connectivity index (χ0v) is 12.8. The van der Waals surface area contributed by atoms with Gasteiger partial charge in [0, 0.05) is 24.5 Å². The Morgan fingerprint density at radius 3 is 3.00 bits per heavy atom. The van der Waals surface area contributed by atoms with Crippen LogP contribution in [0.2, 0.25) is 0 Å². The molecule has 2 rings (SSSR count). The predicted octanol–water partition coefficient (Wildman–Crippen LogP) is 2.15. The molecule has 1 aliphatic heterocycles. The molecule has 0 bridgehead atoms. The van der Waals surface area contributed by atoms with Gasteiger partial charge in [0.05, 0.1) is 10.5 Å². The Labute approximate surface area is 127 Å². The maximum absolute atomic E-state index is 12.3. The predicted molar refractivity (Wildman–Crippen MR) is 80.8 cm³/mol. The zero-order chi connectivity index (χ0) is 13.8. The van der Waals surface area contributed by atoms with Crippen LogP contribution < -0.4 is 5.32 Å². The monoisotopic (exact) mass is 319 g/mol. The summed E-state index contributed by atoms with van der Waals surface area (Å²) in [6.45, 7) is 2.36. The third kappa shape index (κ3) is 3.91. The Hall–Kier alpha value is -1.18. The van der Waals surface area contributed by atoms with Crippen LogP contribution in [0.25, 0.3) is 0 Å². The van der Waals surface area contributed by atoms with Crippen LogP contribution in [0.1, 0.15) is 23.2 Å². The SMILES string of the molecule is CNCC1CCCN(C(=O)c2csc([N+](=O)[O-])c2)C1.Cl. The molecule has 1 atom stereocenters. The lowest BCUT2D eigenvalue weighted by Gasteiger charge is -2.32. The summed E-state index contributed by atoms with van der Waals surface area (Å²) in [5, 5.41) is 15.4. The first-order valence-electron chi connectivity index (χ1n) is 6.28. The molecule has 8 heteroatoms. The van der Waals surface area contributed by atoms with Crippen molar-refractivity contribution in [3.8, 4) is 0 Å². The number of carbonyl (C=O) groups excluding carboxylic acids is 1. The number of thiophene rings is 1. The van der Waals surface area contributed by atoms with Gasteiger partial charge in [0.1, 0.15) is 0 Å². The number of rotatable bonds is 4. The standard InChI is InChI=1S/C12H17N3O3S.ClH/c1-13-6-9-3-2-4-14(7-9)12(16)10-5-11(15(17)18)19-8-10;/h5,8-9,13H,2-4,6-7H2,1H3;1H. The summed E-state index contributed by atoms with van der Waals surface area (Å²) >= 11 is 1.00. The Morgan fingerprint density at radius 2 is 2.40 bits per heavy atom. The minimum absolute atomic E-state index is 0. The van der Waals surface area contributed by atoms with Crippen LogP contribution in [0.5, 0.6) is 0 Å². The van der Waals surface area contributed by atoms with E-state index in [1.165, 1.54) is 6.07 Å². The second-order valence-corrected chi connectivity index (χ2v) is 5.64. The van der Waals surface area contributed by atoms with Gasteiger partial charge in [0.2, 0.25) is 0 Å². The van der Waals surface area contributed by atoms with Crippen molar-refractivity contribution < 1.29 is 9.72 Å². The molecule has 2 heterocycles. The van der Waals surface area contributed by atoms with E-state index >= 15 is 0 Å². The average molecular weight is 320 g/mol. The maximum Gasteiger partial charge on any atom is 0.324 e. The van der Waals surface area contributed by atoms with Crippen molar-refractivity contribution in [1.29, 1.82) is 0 Å². The minimum Gasteiger partial charge on any atom is -0.338 e. The van der Waals surface area contributed by atoms with E-state index < -0.39 is 4.92 Å². The summed E-state index contributed by atoms with van der Waals surface area (Å²) in [4.78, 5) is 24.3. The fourth-order valence-electron chi connectivity index (χ4n) is 2.42. The van der Waals surface area contributed by atoms with Crippen molar-refractivity contribution in [2.75, 3.05) is 26.7 Å². The molecule has 1 saturated heterocycles. The number of nitrogens with zero attached hydrogens (tertiary/aromatic N) is 2. The van der Waals surface area contributed by atoms with Crippen LogP contribution in [-0.4, -0.2) is 42.4 Å². The molecule has 1 fully saturated rings. The maximum atomic E-state index is 12.3. The number of carbonyl (C=O) groups is 1. The van der Waals surface area contributed by atoms with E-state index in [0.717, 1.165) is 43.8 Å². The van der Waals surface area contributed by atoms with Gasteiger partial charge in [-0.1, -0.05) is 11.3 Å². The van der Waals surface area contributed by atoms with Gasteiger partial charge in [-0.05, 0) is 32.4 Å². The first kappa shape index (κ1) is 16.9. The molecule has 6 nitrogen and oxygen atoms in total. The number of likely N-dealkylation sites (tertiary alicyclic amines) is 1. The second-order valence-electron chi connectivity index (χ2n) is 4.75. The summed E-state index contributed by atoms with van der Waals surface area (Å²) in [5.74, 6) is 0.376. The third-order valence-electron chi connectivity index (χ3n) is 3.31. The van der Waals surface area contributed by atoms with Crippen molar-refractivity contribution in [2.45, 2.75) is 12.8 Å². The third-order valence-corrected chi connectivity index (χ3v) is 4.19. The van der Waals surface area contributed by atoms with Gasteiger partial charge in [0.15, 0.2) is 0 Å². The number of halogens is 1. The molecule has 1 aromatic heterocycles. The molecule has 1 amide bonds. The number of nitrogens with one attached hydrogen (secondary N) is 1. The quantitative estimate of drug-likeness (QED) is 0.681. The van der Waals surface area contributed by atoms with Gasteiger partial charge in [-0.25, -0.2) is 0 Å². The van der Waals surface area contributed by atoms with E-state index in [4.69, 9.17) is 0 Å². The van der Waals surface area contributed by atoms with Crippen molar-refractivity contribution in [2.24, 2.45) is 5.92 Å². The molecule has 0 radical (unpaired) electrons. The van der Waals surface area contributed by atoms with Crippen LogP contribution in [0.15, 0.2) is 11.4 Å². The summed E-state index contributed by atoms with van der Waals surface area (Å²) < 4.78 is 0. The van der Waals surface area contributed by atoms with Crippen LogP contribution in [0, 0.1) is 16.0 Å². The minimum atomic E-state index is -0.457. The molecule has 1 aromatic rings. The molecule has 1 N–H and O–H groups in total. The molecular weight excluding hydrogens is 302 g/mol. The lowest BCUT2D eigenvalue weighted by Crippen LogP contribution is -2.42. The van der Waals surface area contributed by atoms with Gasteiger partial charge in [-0.3, -0.25) is 14.9 Å². The van der Waals surface area contributed by atoms with Gasteiger partial charge >= 0.3 is 5.00 Å². The highest BCUT2D eigenvalue weighted by molar-refractivity contribution is 7.13. The summed E-state index contributed by atoms with van der Waals surface area (Å²) in [7, 11) is 1.91. The number of piperidine rings is 1. The smallest absolute Gasteiger partial charge is 0.324 e. The Bertz CT molecular complexity index is 478. The van der Waals surface area contributed by atoms with Crippen molar-refractivity contribution in [3.63, 3.8) is 0 Å². The van der Waals surface area contributed by atoms with E-state index in [-0.39, 0.29) is 23.3 Å². The second kappa shape index (κ2) is 7.56.